The monoisotopic (exact) mass is 290 g/mol. The molecule has 2 aliphatic heterocycles. The summed E-state index contributed by atoms with van der Waals surface area (Å²) in [5.41, 5.74) is 0. The molecule has 1 aromatic rings. The molecule has 0 spiro atoms. The van der Waals surface area contributed by atoms with Gasteiger partial charge in [0, 0.05) is 57.3 Å². The number of amides is 2. The summed E-state index contributed by atoms with van der Waals surface area (Å²) in [7, 11) is 0. The second-order valence-electron chi connectivity index (χ2n) is 6.02. The van der Waals surface area contributed by atoms with E-state index in [2.05, 4.69) is 14.9 Å². The number of imidazole rings is 1. The molecule has 0 aliphatic carbocycles. The summed E-state index contributed by atoms with van der Waals surface area (Å²) in [5, 5.41) is 3.17. The molecule has 2 aliphatic rings. The van der Waals surface area contributed by atoms with Gasteiger partial charge in [0.25, 0.3) is 0 Å². The molecule has 3 heterocycles. The minimum atomic E-state index is 0.0461. The number of nitrogens with one attached hydrogen (secondary N) is 1. The van der Waals surface area contributed by atoms with Crippen LogP contribution < -0.4 is 5.32 Å². The molecule has 2 amide bonds. The normalized spacial score (nSPS) is 22.7. The van der Waals surface area contributed by atoms with E-state index in [0.29, 0.717) is 13.1 Å². The van der Waals surface area contributed by atoms with Gasteiger partial charge in [-0.2, -0.15) is 0 Å². The van der Waals surface area contributed by atoms with Gasteiger partial charge in [-0.05, 0) is 19.3 Å². The van der Waals surface area contributed by atoms with Gasteiger partial charge < -0.3 is 14.8 Å². The van der Waals surface area contributed by atoms with E-state index in [9.17, 15) is 9.59 Å². The van der Waals surface area contributed by atoms with E-state index in [-0.39, 0.29) is 23.8 Å². The molecule has 1 fully saturated rings. The van der Waals surface area contributed by atoms with Crippen molar-refractivity contribution >= 4 is 11.8 Å². The molecule has 6 nitrogen and oxygen atoms in total. The fraction of sp³-hybridized carbons (Fsp3) is 0.667. The number of hydrogen-bond donors (Lipinski definition) is 1. The number of carbonyl (C=O) groups is 2. The molecule has 0 unspecified atom stereocenters. The summed E-state index contributed by atoms with van der Waals surface area (Å²) >= 11 is 0. The third-order valence-corrected chi connectivity index (χ3v) is 4.59. The molecule has 0 bridgehead atoms. The van der Waals surface area contributed by atoms with Crippen molar-refractivity contribution in [1.29, 1.82) is 0 Å². The van der Waals surface area contributed by atoms with Crippen LogP contribution >= 0.6 is 0 Å². The SMILES string of the molecule is CC(=O)N1CCC(C(=O)N[C@@H]2CCc3nccn3C2)CC1. The molecule has 0 saturated carbocycles. The van der Waals surface area contributed by atoms with Crippen LogP contribution in [0.3, 0.4) is 0 Å². The number of aryl methyl sites for hydroxylation is 1. The first-order valence-corrected chi connectivity index (χ1v) is 7.69. The molecule has 1 aromatic heterocycles. The summed E-state index contributed by atoms with van der Waals surface area (Å²) in [4.78, 5) is 29.8. The number of piperidine rings is 1. The van der Waals surface area contributed by atoms with Crippen LogP contribution in [0.4, 0.5) is 0 Å². The standard InChI is InChI=1S/C15H22N4O2/c1-11(20)18-7-4-12(5-8-18)15(21)17-13-2-3-14-16-6-9-19(14)10-13/h6,9,12-13H,2-5,7-8,10H2,1H3,(H,17,21)/t13-/m1/s1. The van der Waals surface area contributed by atoms with E-state index in [1.54, 1.807) is 6.92 Å². The zero-order valence-corrected chi connectivity index (χ0v) is 12.4. The Morgan fingerprint density at radius 2 is 2.05 bits per heavy atom. The third kappa shape index (κ3) is 3.09. The molecular weight excluding hydrogens is 268 g/mol. The van der Waals surface area contributed by atoms with Gasteiger partial charge in [0.2, 0.25) is 11.8 Å². The van der Waals surface area contributed by atoms with Crippen molar-refractivity contribution in [3.63, 3.8) is 0 Å². The summed E-state index contributed by atoms with van der Waals surface area (Å²) in [6.07, 6.45) is 7.20. The van der Waals surface area contributed by atoms with E-state index in [4.69, 9.17) is 0 Å². The quantitative estimate of drug-likeness (QED) is 0.866. The minimum absolute atomic E-state index is 0.0461. The highest BCUT2D eigenvalue weighted by molar-refractivity contribution is 5.79. The first kappa shape index (κ1) is 14.1. The summed E-state index contributed by atoms with van der Waals surface area (Å²) in [5.74, 6) is 1.40. The largest absolute Gasteiger partial charge is 0.351 e. The third-order valence-electron chi connectivity index (χ3n) is 4.59. The van der Waals surface area contributed by atoms with Crippen molar-refractivity contribution in [3.8, 4) is 0 Å². The zero-order chi connectivity index (χ0) is 14.8. The number of carbonyl (C=O) groups excluding carboxylic acids is 2. The van der Waals surface area contributed by atoms with E-state index >= 15 is 0 Å². The number of fused-ring (bicyclic) bond motifs is 1. The van der Waals surface area contributed by atoms with Crippen LogP contribution in [0.5, 0.6) is 0 Å². The van der Waals surface area contributed by atoms with Crippen molar-refractivity contribution in [2.24, 2.45) is 5.92 Å². The second-order valence-corrected chi connectivity index (χ2v) is 6.02. The molecular formula is C15H22N4O2. The Morgan fingerprint density at radius 1 is 1.29 bits per heavy atom. The van der Waals surface area contributed by atoms with Gasteiger partial charge in [-0.1, -0.05) is 0 Å². The Balaban J connectivity index is 1.50. The first-order valence-electron chi connectivity index (χ1n) is 7.69. The highest BCUT2D eigenvalue weighted by Crippen LogP contribution is 2.19. The van der Waals surface area contributed by atoms with Gasteiger partial charge in [0.1, 0.15) is 5.82 Å². The molecule has 1 saturated heterocycles. The van der Waals surface area contributed by atoms with Gasteiger partial charge >= 0.3 is 0 Å². The van der Waals surface area contributed by atoms with Gasteiger partial charge in [-0.15, -0.1) is 0 Å². The number of aromatic nitrogens is 2. The average Bonchev–Trinajstić information content (AvgIpc) is 2.95. The number of rotatable bonds is 2. The van der Waals surface area contributed by atoms with E-state index in [1.807, 2.05) is 17.3 Å². The van der Waals surface area contributed by atoms with Gasteiger partial charge in [-0.25, -0.2) is 4.98 Å². The van der Waals surface area contributed by atoms with Crippen LogP contribution in [0.1, 0.15) is 32.0 Å². The van der Waals surface area contributed by atoms with Crippen molar-refractivity contribution in [2.45, 2.75) is 45.2 Å². The van der Waals surface area contributed by atoms with E-state index in [1.165, 1.54) is 0 Å². The van der Waals surface area contributed by atoms with Gasteiger partial charge in [0.05, 0.1) is 0 Å². The molecule has 1 atom stereocenters. The minimum Gasteiger partial charge on any atom is -0.351 e. The summed E-state index contributed by atoms with van der Waals surface area (Å²) in [6.45, 7) is 3.80. The van der Waals surface area contributed by atoms with Crippen molar-refractivity contribution in [3.05, 3.63) is 18.2 Å². The maximum Gasteiger partial charge on any atom is 0.223 e. The lowest BCUT2D eigenvalue weighted by molar-refractivity contribution is -0.134. The predicted molar refractivity (Wildman–Crippen MR) is 77.5 cm³/mol. The van der Waals surface area contributed by atoms with Crippen LogP contribution in [0.25, 0.3) is 0 Å². The molecule has 0 aromatic carbocycles. The van der Waals surface area contributed by atoms with Crippen LogP contribution in [-0.2, 0) is 22.6 Å². The van der Waals surface area contributed by atoms with Crippen LogP contribution in [0.15, 0.2) is 12.4 Å². The van der Waals surface area contributed by atoms with Crippen LogP contribution in [-0.4, -0.2) is 45.4 Å². The molecule has 21 heavy (non-hydrogen) atoms. The lowest BCUT2D eigenvalue weighted by atomic mass is 9.95. The Kier molecular flexibility index (Phi) is 3.94. The Morgan fingerprint density at radius 3 is 2.76 bits per heavy atom. The zero-order valence-electron chi connectivity index (χ0n) is 12.4. The topological polar surface area (TPSA) is 67.2 Å². The maximum absolute atomic E-state index is 12.4. The molecule has 3 rings (SSSR count). The first-order chi connectivity index (χ1) is 10.1. The fourth-order valence-corrected chi connectivity index (χ4v) is 3.26. The van der Waals surface area contributed by atoms with Gasteiger partial charge in [0.15, 0.2) is 0 Å². The number of likely N-dealkylation sites (tertiary alicyclic amines) is 1. The Hall–Kier alpha value is -1.85. The Bertz CT molecular complexity index is 532. The lowest BCUT2D eigenvalue weighted by Gasteiger charge is -2.32. The van der Waals surface area contributed by atoms with Crippen molar-refractivity contribution in [2.75, 3.05) is 13.1 Å². The molecule has 114 valence electrons. The van der Waals surface area contributed by atoms with Crippen molar-refractivity contribution in [1.82, 2.24) is 19.8 Å². The average molecular weight is 290 g/mol. The molecule has 0 radical (unpaired) electrons. The smallest absolute Gasteiger partial charge is 0.223 e. The van der Waals surface area contributed by atoms with E-state index < -0.39 is 0 Å². The van der Waals surface area contributed by atoms with E-state index in [0.717, 1.165) is 38.1 Å². The van der Waals surface area contributed by atoms with Crippen molar-refractivity contribution < 1.29 is 9.59 Å². The Labute approximate surface area is 124 Å². The summed E-state index contributed by atoms with van der Waals surface area (Å²) < 4.78 is 2.12. The molecule has 6 heteroatoms. The highest BCUT2D eigenvalue weighted by Gasteiger charge is 2.28. The summed E-state index contributed by atoms with van der Waals surface area (Å²) in [6, 6.07) is 0.199. The predicted octanol–water partition coefficient (Wildman–Crippen LogP) is 0.573. The van der Waals surface area contributed by atoms with Crippen LogP contribution in [0, 0.1) is 5.92 Å². The lowest BCUT2D eigenvalue weighted by Crippen LogP contribution is -2.47. The highest BCUT2D eigenvalue weighted by atomic mass is 16.2. The fourth-order valence-electron chi connectivity index (χ4n) is 3.26. The maximum atomic E-state index is 12.4. The van der Waals surface area contributed by atoms with Gasteiger partial charge in [-0.3, -0.25) is 9.59 Å². The second kappa shape index (κ2) is 5.87. The number of nitrogens with zero attached hydrogens (tertiary/aromatic N) is 3. The van der Waals surface area contributed by atoms with Crippen LogP contribution in [0.2, 0.25) is 0 Å². The number of hydrogen-bond acceptors (Lipinski definition) is 3. The molecule has 1 N–H and O–H groups in total.